The first kappa shape index (κ1) is 14.4. The third kappa shape index (κ3) is 3.93. The largest absolute Gasteiger partial charge is 0.375 e. The Labute approximate surface area is 103 Å². The molecule has 1 fully saturated rings. The Morgan fingerprint density at radius 1 is 1.47 bits per heavy atom. The van der Waals surface area contributed by atoms with E-state index in [0.29, 0.717) is 13.2 Å². The Bertz CT molecular complexity index is 382. The van der Waals surface area contributed by atoms with Crippen LogP contribution in [-0.2, 0) is 19.6 Å². The van der Waals surface area contributed by atoms with Crippen LogP contribution in [0, 0.1) is 0 Å². The zero-order chi connectivity index (χ0) is 13.2. The molecular formula is C10H20N2O4S. The molecule has 0 saturated carbocycles. The summed E-state index contributed by atoms with van der Waals surface area (Å²) in [5.41, 5.74) is 0. The van der Waals surface area contributed by atoms with Gasteiger partial charge in [-0.1, -0.05) is 0 Å². The lowest BCUT2D eigenvalue weighted by Gasteiger charge is -2.37. The van der Waals surface area contributed by atoms with Gasteiger partial charge in [-0.05, 0) is 13.8 Å². The van der Waals surface area contributed by atoms with Crippen LogP contribution in [0.2, 0.25) is 0 Å². The van der Waals surface area contributed by atoms with Crippen LogP contribution < -0.4 is 0 Å². The van der Waals surface area contributed by atoms with E-state index in [1.165, 1.54) is 7.05 Å². The Morgan fingerprint density at radius 2 is 2.06 bits per heavy atom. The molecule has 1 aliphatic rings. The van der Waals surface area contributed by atoms with E-state index in [1.807, 2.05) is 13.8 Å². The quantitative estimate of drug-likeness (QED) is 0.690. The van der Waals surface area contributed by atoms with Crippen molar-refractivity contribution < 1.29 is 17.9 Å². The fourth-order valence-corrected chi connectivity index (χ4v) is 1.99. The Balaban J connectivity index is 2.63. The van der Waals surface area contributed by atoms with Gasteiger partial charge < -0.3 is 9.64 Å². The highest BCUT2D eigenvalue weighted by molar-refractivity contribution is 7.88. The molecule has 0 spiro atoms. The van der Waals surface area contributed by atoms with Crippen LogP contribution in [0.5, 0.6) is 0 Å². The summed E-state index contributed by atoms with van der Waals surface area (Å²) >= 11 is 0. The number of sulfonamides is 1. The maximum Gasteiger partial charge on any atom is 0.238 e. The molecule has 1 aliphatic heterocycles. The first-order valence-electron chi connectivity index (χ1n) is 5.54. The molecule has 0 aromatic rings. The van der Waals surface area contributed by atoms with Gasteiger partial charge in [0.25, 0.3) is 0 Å². The number of hydrogen-bond donors (Lipinski definition) is 0. The van der Waals surface area contributed by atoms with Crippen molar-refractivity contribution in [1.29, 1.82) is 0 Å². The highest BCUT2D eigenvalue weighted by atomic mass is 32.2. The Hall–Kier alpha value is -0.660. The van der Waals surface area contributed by atoms with Crippen LogP contribution in [0.1, 0.15) is 13.8 Å². The van der Waals surface area contributed by atoms with Crippen LogP contribution in [0.3, 0.4) is 0 Å². The van der Waals surface area contributed by atoms with Crippen molar-refractivity contribution in [2.45, 2.75) is 26.0 Å². The van der Waals surface area contributed by atoms with Gasteiger partial charge in [-0.15, -0.1) is 0 Å². The summed E-state index contributed by atoms with van der Waals surface area (Å²) in [5, 5.41) is 0. The number of carbonyl (C=O) groups is 1. The third-order valence-corrected chi connectivity index (χ3v) is 4.11. The molecule has 0 aromatic carbocycles. The predicted octanol–water partition coefficient (Wildman–Crippen LogP) is -0.486. The van der Waals surface area contributed by atoms with Crippen LogP contribution in [-0.4, -0.2) is 68.7 Å². The van der Waals surface area contributed by atoms with Gasteiger partial charge in [0.1, 0.15) is 0 Å². The molecule has 100 valence electrons. The average molecular weight is 264 g/mol. The topological polar surface area (TPSA) is 66.9 Å². The first-order chi connectivity index (χ1) is 7.71. The number of rotatable bonds is 3. The summed E-state index contributed by atoms with van der Waals surface area (Å²) in [6, 6.07) is -0.00772. The third-order valence-electron chi connectivity index (χ3n) is 2.85. The molecule has 1 amide bonds. The summed E-state index contributed by atoms with van der Waals surface area (Å²) < 4.78 is 28.9. The fraction of sp³-hybridized carbons (Fsp3) is 0.900. The summed E-state index contributed by atoms with van der Waals surface area (Å²) in [7, 11) is -1.91. The van der Waals surface area contributed by atoms with Crippen molar-refractivity contribution in [3.05, 3.63) is 0 Å². The minimum absolute atomic E-state index is 0.00121. The summed E-state index contributed by atoms with van der Waals surface area (Å²) in [6.45, 7) is 4.68. The van der Waals surface area contributed by atoms with Gasteiger partial charge in [0.15, 0.2) is 0 Å². The Morgan fingerprint density at radius 3 is 2.59 bits per heavy atom. The van der Waals surface area contributed by atoms with Crippen molar-refractivity contribution in [3.63, 3.8) is 0 Å². The number of morpholine rings is 1. The molecule has 0 aromatic heterocycles. The maximum absolute atomic E-state index is 12.0. The number of nitrogens with zero attached hydrogens (tertiary/aromatic N) is 2. The highest BCUT2D eigenvalue weighted by Gasteiger charge is 2.29. The van der Waals surface area contributed by atoms with Crippen LogP contribution >= 0.6 is 0 Å². The molecule has 0 unspecified atom stereocenters. The van der Waals surface area contributed by atoms with Crippen molar-refractivity contribution in [3.8, 4) is 0 Å². The molecule has 0 bridgehead atoms. The number of carbonyl (C=O) groups excluding carboxylic acids is 1. The molecule has 0 aliphatic carbocycles. The van der Waals surface area contributed by atoms with E-state index in [0.717, 1.165) is 10.6 Å². The van der Waals surface area contributed by atoms with Crippen LogP contribution in [0.25, 0.3) is 0 Å². The van der Waals surface area contributed by atoms with Gasteiger partial charge in [0, 0.05) is 13.6 Å². The number of hydrogen-bond acceptors (Lipinski definition) is 4. The van der Waals surface area contributed by atoms with Crippen molar-refractivity contribution in [1.82, 2.24) is 9.21 Å². The van der Waals surface area contributed by atoms with Crippen molar-refractivity contribution in [2.24, 2.45) is 0 Å². The number of ether oxygens (including phenoxy) is 1. The minimum Gasteiger partial charge on any atom is -0.375 e. The van der Waals surface area contributed by atoms with E-state index in [1.54, 1.807) is 4.90 Å². The summed E-state index contributed by atoms with van der Waals surface area (Å²) in [6.07, 6.45) is 1.09. The van der Waals surface area contributed by atoms with Gasteiger partial charge in [-0.3, -0.25) is 4.79 Å². The molecule has 1 rings (SSSR count). The molecule has 17 heavy (non-hydrogen) atoms. The zero-order valence-corrected chi connectivity index (χ0v) is 11.5. The number of likely N-dealkylation sites (N-methyl/N-ethyl adjacent to an activating group) is 1. The highest BCUT2D eigenvalue weighted by Crippen LogP contribution is 2.12. The molecule has 2 atom stereocenters. The van der Waals surface area contributed by atoms with Crippen LogP contribution in [0.15, 0.2) is 0 Å². The standard InChI is InChI=1S/C10H20N2O4S/c1-8-7-16-9(2)5-12(8)10(13)6-11(3)17(4,14)15/h8-9H,5-7H2,1-4H3/t8-,9-/m1/s1. The second-order valence-electron chi connectivity index (χ2n) is 4.56. The molecule has 7 heteroatoms. The predicted molar refractivity (Wildman–Crippen MR) is 64.1 cm³/mol. The average Bonchev–Trinajstić information content (AvgIpc) is 2.20. The monoisotopic (exact) mass is 264 g/mol. The number of amides is 1. The van der Waals surface area contributed by atoms with E-state index in [4.69, 9.17) is 4.74 Å². The van der Waals surface area contributed by atoms with E-state index in [-0.39, 0.29) is 24.6 Å². The lowest BCUT2D eigenvalue weighted by molar-refractivity contribution is -0.143. The second-order valence-corrected chi connectivity index (χ2v) is 6.65. The molecule has 0 radical (unpaired) electrons. The maximum atomic E-state index is 12.0. The SMILES string of the molecule is C[C@@H]1CN(C(=O)CN(C)S(C)(=O)=O)[C@H](C)CO1. The minimum atomic E-state index is -3.31. The molecule has 6 nitrogen and oxygen atoms in total. The van der Waals surface area contributed by atoms with Crippen molar-refractivity contribution in [2.75, 3.05) is 33.0 Å². The molecular weight excluding hydrogens is 244 g/mol. The normalized spacial score (nSPS) is 26.3. The van der Waals surface area contributed by atoms with Gasteiger partial charge in [0.2, 0.25) is 15.9 Å². The van der Waals surface area contributed by atoms with Gasteiger partial charge in [-0.25, -0.2) is 8.42 Å². The lowest BCUT2D eigenvalue weighted by atomic mass is 10.2. The Kier molecular flexibility index (Phi) is 4.51. The van der Waals surface area contributed by atoms with Crippen LogP contribution in [0.4, 0.5) is 0 Å². The van der Waals surface area contributed by atoms with Crippen molar-refractivity contribution >= 4 is 15.9 Å². The van der Waals surface area contributed by atoms with E-state index in [2.05, 4.69) is 0 Å². The van der Waals surface area contributed by atoms with Gasteiger partial charge in [0.05, 0.1) is 31.6 Å². The first-order valence-corrected chi connectivity index (χ1v) is 7.39. The fourth-order valence-electron chi connectivity index (χ4n) is 1.65. The summed E-state index contributed by atoms with van der Waals surface area (Å²) in [4.78, 5) is 13.7. The van der Waals surface area contributed by atoms with Gasteiger partial charge in [-0.2, -0.15) is 4.31 Å². The van der Waals surface area contributed by atoms with Gasteiger partial charge >= 0.3 is 0 Å². The van der Waals surface area contributed by atoms with E-state index < -0.39 is 10.0 Å². The van der Waals surface area contributed by atoms with E-state index in [9.17, 15) is 13.2 Å². The lowest BCUT2D eigenvalue weighted by Crippen LogP contribution is -2.53. The molecule has 0 N–H and O–H groups in total. The second kappa shape index (κ2) is 5.32. The summed E-state index contributed by atoms with van der Waals surface area (Å²) in [5.74, 6) is -0.180. The van der Waals surface area contributed by atoms with E-state index >= 15 is 0 Å². The molecule has 1 heterocycles. The zero-order valence-electron chi connectivity index (χ0n) is 10.7. The smallest absolute Gasteiger partial charge is 0.238 e. The molecule has 1 saturated heterocycles.